The summed E-state index contributed by atoms with van der Waals surface area (Å²) in [4.78, 5) is 2.40. The third-order valence-electron chi connectivity index (χ3n) is 5.86. The highest BCUT2D eigenvalue weighted by Crippen LogP contribution is 2.22. The minimum Gasteiger partial charge on any atom is -0.491 e. The lowest BCUT2D eigenvalue weighted by atomic mass is 10.1. The Morgan fingerprint density at radius 1 is 0.848 bits per heavy atom. The van der Waals surface area contributed by atoms with Crippen LogP contribution in [0.1, 0.15) is 5.56 Å². The van der Waals surface area contributed by atoms with Gasteiger partial charge in [0, 0.05) is 32.7 Å². The summed E-state index contributed by atoms with van der Waals surface area (Å²) in [6.07, 6.45) is -0.654. The second-order valence-corrected chi connectivity index (χ2v) is 10.3. The summed E-state index contributed by atoms with van der Waals surface area (Å²) in [5.74, 6) is 0.711. The zero-order valence-electron chi connectivity index (χ0n) is 18.8. The number of aliphatic hydroxyl groups is 1. The van der Waals surface area contributed by atoms with E-state index >= 15 is 0 Å². The molecule has 0 unspecified atom stereocenters. The number of piperazine rings is 1. The van der Waals surface area contributed by atoms with Crippen LogP contribution in [0.2, 0.25) is 0 Å². The zero-order valence-corrected chi connectivity index (χ0v) is 19.6. The fourth-order valence-electron chi connectivity index (χ4n) is 3.93. The molecule has 7 heteroatoms. The smallest absolute Gasteiger partial charge is 0.243 e. The molecule has 3 aromatic carbocycles. The molecule has 1 saturated heterocycles. The molecule has 0 aromatic heterocycles. The first-order chi connectivity index (χ1) is 15.9. The van der Waals surface area contributed by atoms with Gasteiger partial charge in [-0.25, -0.2) is 8.42 Å². The van der Waals surface area contributed by atoms with E-state index in [9.17, 15) is 13.5 Å². The number of aliphatic hydroxyl groups excluding tert-OH is 1. The Hall–Kier alpha value is -2.71. The van der Waals surface area contributed by atoms with Gasteiger partial charge in [0.05, 0.1) is 4.90 Å². The second-order valence-electron chi connectivity index (χ2n) is 8.37. The lowest BCUT2D eigenvalue weighted by Gasteiger charge is -2.34. The SMILES string of the molecule is Cc1ccc(S(=O)(=O)N2CCN(C[C@@H](O)COc3ccc(-c4ccccc4)cc3)CC2)cc1. The van der Waals surface area contributed by atoms with Crippen molar-refractivity contribution in [3.63, 3.8) is 0 Å². The molecule has 4 rings (SSSR count). The van der Waals surface area contributed by atoms with Gasteiger partial charge in [0.15, 0.2) is 0 Å². The van der Waals surface area contributed by atoms with Crippen molar-refractivity contribution in [2.45, 2.75) is 17.9 Å². The molecule has 0 radical (unpaired) electrons. The van der Waals surface area contributed by atoms with E-state index in [1.165, 1.54) is 4.31 Å². The summed E-state index contributed by atoms with van der Waals surface area (Å²) in [6.45, 7) is 4.54. The van der Waals surface area contributed by atoms with Crippen molar-refractivity contribution in [3.05, 3.63) is 84.4 Å². The first-order valence-electron chi connectivity index (χ1n) is 11.2. The van der Waals surface area contributed by atoms with Crippen LogP contribution in [0, 0.1) is 6.92 Å². The molecule has 0 spiro atoms. The summed E-state index contributed by atoms with van der Waals surface area (Å²) < 4.78 is 33.0. The van der Waals surface area contributed by atoms with Crippen molar-refractivity contribution in [1.82, 2.24) is 9.21 Å². The van der Waals surface area contributed by atoms with Crippen molar-refractivity contribution in [1.29, 1.82) is 0 Å². The number of benzene rings is 3. The quantitative estimate of drug-likeness (QED) is 0.551. The largest absolute Gasteiger partial charge is 0.491 e. The lowest BCUT2D eigenvalue weighted by molar-refractivity contribution is 0.0569. The maximum Gasteiger partial charge on any atom is 0.243 e. The number of hydrogen-bond donors (Lipinski definition) is 1. The number of rotatable bonds is 8. The van der Waals surface area contributed by atoms with Gasteiger partial charge in [0.25, 0.3) is 0 Å². The molecular weight excluding hydrogens is 436 g/mol. The highest BCUT2D eigenvalue weighted by molar-refractivity contribution is 7.89. The van der Waals surface area contributed by atoms with E-state index in [1.807, 2.05) is 61.5 Å². The van der Waals surface area contributed by atoms with Crippen LogP contribution in [0.3, 0.4) is 0 Å². The molecule has 1 heterocycles. The Labute approximate surface area is 196 Å². The topological polar surface area (TPSA) is 70.1 Å². The van der Waals surface area contributed by atoms with Gasteiger partial charge in [-0.15, -0.1) is 0 Å². The van der Waals surface area contributed by atoms with Crippen molar-refractivity contribution < 1.29 is 18.3 Å². The third-order valence-corrected chi connectivity index (χ3v) is 7.78. The zero-order chi connectivity index (χ0) is 23.3. The molecule has 3 aromatic rings. The second kappa shape index (κ2) is 10.5. The molecule has 0 bridgehead atoms. The molecular formula is C26H30N2O4S. The van der Waals surface area contributed by atoms with Gasteiger partial charge in [-0.3, -0.25) is 4.90 Å². The van der Waals surface area contributed by atoms with Crippen LogP contribution >= 0.6 is 0 Å². The molecule has 1 N–H and O–H groups in total. The molecule has 174 valence electrons. The van der Waals surface area contributed by atoms with Gasteiger partial charge >= 0.3 is 0 Å². The number of β-amino-alcohol motifs (C(OH)–C–C–N with tert-alkyl or cyclic N) is 1. The lowest BCUT2D eigenvalue weighted by Crippen LogP contribution is -2.50. The number of aryl methyl sites for hydroxylation is 1. The average molecular weight is 467 g/mol. The van der Waals surface area contributed by atoms with E-state index in [0.717, 1.165) is 16.7 Å². The van der Waals surface area contributed by atoms with Crippen LogP contribution in [-0.2, 0) is 10.0 Å². The van der Waals surface area contributed by atoms with Crippen molar-refractivity contribution in [3.8, 4) is 16.9 Å². The molecule has 1 aliphatic heterocycles. The molecule has 1 fully saturated rings. The Morgan fingerprint density at radius 3 is 2.09 bits per heavy atom. The first-order valence-corrected chi connectivity index (χ1v) is 12.6. The molecule has 1 aliphatic rings. The third kappa shape index (κ3) is 6.00. The monoisotopic (exact) mass is 466 g/mol. The van der Waals surface area contributed by atoms with Crippen LogP contribution in [0.5, 0.6) is 5.75 Å². The Bertz CT molecular complexity index is 1130. The van der Waals surface area contributed by atoms with Crippen molar-refractivity contribution in [2.75, 3.05) is 39.3 Å². The number of ether oxygens (including phenoxy) is 1. The number of nitrogens with zero attached hydrogens (tertiary/aromatic N) is 2. The molecule has 6 nitrogen and oxygen atoms in total. The highest BCUT2D eigenvalue weighted by atomic mass is 32.2. The van der Waals surface area contributed by atoms with Gasteiger partial charge in [0.1, 0.15) is 18.5 Å². The molecule has 1 atom stereocenters. The fraction of sp³-hybridized carbons (Fsp3) is 0.308. The predicted molar refractivity (Wildman–Crippen MR) is 130 cm³/mol. The number of sulfonamides is 1. The van der Waals surface area contributed by atoms with Crippen LogP contribution in [0.15, 0.2) is 83.8 Å². The minimum absolute atomic E-state index is 0.187. The maximum absolute atomic E-state index is 12.8. The predicted octanol–water partition coefficient (Wildman–Crippen LogP) is 3.41. The average Bonchev–Trinajstić information content (AvgIpc) is 2.84. The summed E-state index contributed by atoms with van der Waals surface area (Å²) >= 11 is 0. The molecule has 0 aliphatic carbocycles. The van der Waals surface area contributed by atoms with Crippen LogP contribution < -0.4 is 4.74 Å². The van der Waals surface area contributed by atoms with Gasteiger partial charge in [0.2, 0.25) is 10.0 Å². The summed E-state index contributed by atoms with van der Waals surface area (Å²) in [5, 5.41) is 10.4. The summed E-state index contributed by atoms with van der Waals surface area (Å²) in [5.41, 5.74) is 3.29. The Morgan fingerprint density at radius 2 is 1.45 bits per heavy atom. The van der Waals surface area contributed by atoms with E-state index in [1.54, 1.807) is 12.1 Å². The van der Waals surface area contributed by atoms with Crippen molar-refractivity contribution >= 4 is 10.0 Å². The molecule has 0 amide bonds. The Balaban J connectivity index is 1.23. The van der Waals surface area contributed by atoms with Gasteiger partial charge in [-0.05, 0) is 42.3 Å². The van der Waals surface area contributed by atoms with Crippen LogP contribution in [-0.4, -0.2) is 68.2 Å². The van der Waals surface area contributed by atoms with E-state index in [4.69, 9.17) is 4.74 Å². The fourth-order valence-corrected chi connectivity index (χ4v) is 5.35. The minimum atomic E-state index is -3.48. The normalized spacial score (nSPS) is 16.4. The number of hydrogen-bond acceptors (Lipinski definition) is 5. The van der Waals surface area contributed by atoms with E-state index in [-0.39, 0.29) is 6.61 Å². The van der Waals surface area contributed by atoms with E-state index < -0.39 is 16.1 Å². The summed E-state index contributed by atoms with van der Waals surface area (Å²) in [7, 11) is -3.48. The van der Waals surface area contributed by atoms with Crippen LogP contribution in [0.4, 0.5) is 0 Å². The highest BCUT2D eigenvalue weighted by Gasteiger charge is 2.29. The Kier molecular flexibility index (Phi) is 7.45. The van der Waals surface area contributed by atoms with Crippen LogP contribution in [0.25, 0.3) is 11.1 Å². The van der Waals surface area contributed by atoms with Crippen molar-refractivity contribution in [2.24, 2.45) is 0 Å². The van der Waals surface area contributed by atoms with Gasteiger partial charge in [-0.1, -0.05) is 60.2 Å². The van der Waals surface area contributed by atoms with Gasteiger partial charge < -0.3 is 9.84 Å². The maximum atomic E-state index is 12.8. The first kappa shape index (κ1) is 23.4. The standard InChI is InChI=1S/C26H30N2O4S/c1-21-7-13-26(14-8-21)33(30,31)28-17-15-27(16-18-28)19-24(29)20-32-25-11-9-23(10-12-25)22-5-3-2-4-6-22/h2-14,24,29H,15-20H2,1H3/t24-/m1/s1. The summed E-state index contributed by atoms with van der Waals surface area (Å²) in [6, 6.07) is 24.9. The van der Waals surface area contributed by atoms with E-state index in [2.05, 4.69) is 17.0 Å². The molecule has 33 heavy (non-hydrogen) atoms. The van der Waals surface area contributed by atoms with E-state index in [0.29, 0.717) is 43.4 Å². The van der Waals surface area contributed by atoms with Gasteiger partial charge in [-0.2, -0.15) is 4.31 Å². The molecule has 0 saturated carbocycles.